The van der Waals surface area contributed by atoms with Crippen molar-refractivity contribution in [3.05, 3.63) is 35.9 Å². The molecule has 7 heteroatoms. The number of amides is 2. The predicted octanol–water partition coefficient (Wildman–Crippen LogP) is 0.733. The highest BCUT2D eigenvalue weighted by Crippen LogP contribution is 2.05. The van der Waals surface area contributed by atoms with Crippen molar-refractivity contribution in [2.45, 2.75) is 38.8 Å². The van der Waals surface area contributed by atoms with Crippen LogP contribution in [0.1, 0.15) is 26.3 Å². The molecule has 7 nitrogen and oxygen atoms in total. The summed E-state index contributed by atoms with van der Waals surface area (Å²) in [7, 11) is 2.96. The number of carbonyl (C=O) groups excluding carboxylic acids is 3. The van der Waals surface area contributed by atoms with Gasteiger partial charge in [0.1, 0.15) is 6.04 Å². The van der Waals surface area contributed by atoms with Gasteiger partial charge in [-0.2, -0.15) is 0 Å². The van der Waals surface area contributed by atoms with E-state index in [2.05, 4.69) is 10.6 Å². The standard InChI is InChI=1S/C19H29N3O4/c1-19(2,3)21-17(24)13-22(4)12-16(23)20-15(18(25)26-5)11-14-9-7-6-8-10-14/h6-10,15H,11-13H2,1-5H3,(H,20,23)(H,21,24)/t15-/m1/s1. The molecule has 0 bridgehead atoms. The molecule has 0 aliphatic heterocycles. The fourth-order valence-corrected chi connectivity index (χ4v) is 2.43. The van der Waals surface area contributed by atoms with E-state index in [0.29, 0.717) is 6.42 Å². The zero-order valence-corrected chi connectivity index (χ0v) is 16.2. The van der Waals surface area contributed by atoms with Crippen molar-refractivity contribution in [2.75, 3.05) is 27.2 Å². The van der Waals surface area contributed by atoms with Crippen LogP contribution in [0.2, 0.25) is 0 Å². The van der Waals surface area contributed by atoms with Crippen molar-refractivity contribution < 1.29 is 19.1 Å². The summed E-state index contributed by atoms with van der Waals surface area (Å²) in [5, 5.41) is 5.52. The Balaban J connectivity index is 2.58. The first-order valence-corrected chi connectivity index (χ1v) is 8.51. The molecule has 26 heavy (non-hydrogen) atoms. The molecule has 0 aliphatic rings. The summed E-state index contributed by atoms with van der Waals surface area (Å²) in [5.74, 6) is -1.01. The molecular weight excluding hydrogens is 334 g/mol. The molecule has 0 spiro atoms. The minimum Gasteiger partial charge on any atom is -0.467 e. The first-order chi connectivity index (χ1) is 12.1. The second-order valence-electron chi connectivity index (χ2n) is 7.30. The highest BCUT2D eigenvalue weighted by Gasteiger charge is 2.23. The number of ether oxygens (including phenoxy) is 1. The average Bonchev–Trinajstić information content (AvgIpc) is 2.52. The zero-order chi connectivity index (χ0) is 19.7. The lowest BCUT2D eigenvalue weighted by Gasteiger charge is -2.23. The second kappa shape index (κ2) is 9.91. The van der Waals surface area contributed by atoms with Gasteiger partial charge in [0.2, 0.25) is 11.8 Å². The minimum atomic E-state index is -0.772. The molecule has 0 heterocycles. The van der Waals surface area contributed by atoms with Crippen LogP contribution in [0.4, 0.5) is 0 Å². The third kappa shape index (κ3) is 8.62. The summed E-state index contributed by atoms with van der Waals surface area (Å²) in [6.07, 6.45) is 0.341. The van der Waals surface area contributed by atoms with E-state index >= 15 is 0 Å². The lowest BCUT2D eigenvalue weighted by Crippen LogP contribution is -2.49. The van der Waals surface area contributed by atoms with Crippen LogP contribution in [0.25, 0.3) is 0 Å². The Morgan fingerprint density at radius 1 is 1.08 bits per heavy atom. The van der Waals surface area contributed by atoms with Gasteiger partial charge < -0.3 is 15.4 Å². The first-order valence-electron chi connectivity index (χ1n) is 8.51. The maximum absolute atomic E-state index is 12.2. The van der Waals surface area contributed by atoms with Gasteiger partial charge in [0.05, 0.1) is 20.2 Å². The van der Waals surface area contributed by atoms with Crippen molar-refractivity contribution in [3.8, 4) is 0 Å². The summed E-state index contributed by atoms with van der Waals surface area (Å²) in [6.45, 7) is 5.76. The monoisotopic (exact) mass is 363 g/mol. The van der Waals surface area contributed by atoms with Gasteiger partial charge >= 0.3 is 5.97 Å². The first kappa shape index (κ1) is 21.6. The van der Waals surface area contributed by atoms with Crippen molar-refractivity contribution in [3.63, 3.8) is 0 Å². The Bertz CT molecular complexity index is 611. The van der Waals surface area contributed by atoms with Crippen LogP contribution in [0.15, 0.2) is 30.3 Å². The van der Waals surface area contributed by atoms with E-state index in [1.54, 1.807) is 11.9 Å². The average molecular weight is 363 g/mol. The van der Waals surface area contributed by atoms with Gasteiger partial charge in [-0.15, -0.1) is 0 Å². The van der Waals surface area contributed by atoms with Gasteiger partial charge in [-0.25, -0.2) is 4.79 Å². The number of benzene rings is 1. The van der Waals surface area contributed by atoms with Crippen molar-refractivity contribution in [1.29, 1.82) is 0 Å². The summed E-state index contributed by atoms with van der Waals surface area (Å²) < 4.78 is 4.78. The largest absolute Gasteiger partial charge is 0.467 e. The summed E-state index contributed by atoms with van der Waals surface area (Å²) in [5.41, 5.74) is 0.590. The molecule has 0 radical (unpaired) electrons. The fourth-order valence-electron chi connectivity index (χ4n) is 2.43. The maximum atomic E-state index is 12.2. The number of rotatable bonds is 8. The molecule has 0 fully saturated rings. The third-order valence-corrected chi connectivity index (χ3v) is 3.45. The summed E-state index contributed by atoms with van der Waals surface area (Å²) >= 11 is 0. The molecule has 1 rings (SSSR count). The Labute approximate surface area is 155 Å². The zero-order valence-electron chi connectivity index (χ0n) is 16.2. The minimum absolute atomic E-state index is 0.000152. The van der Waals surface area contributed by atoms with E-state index in [1.165, 1.54) is 7.11 Å². The van der Waals surface area contributed by atoms with Crippen molar-refractivity contribution >= 4 is 17.8 Å². The number of nitrogens with one attached hydrogen (secondary N) is 2. The van der Waals surface area contributed by atoms with Gasteiger partial charge in [0, 0.05) is 12.0 Å². The number of hydrogen-bond acceptors (Lipinski definition) is 5. The molecule has 144 valence electrons. The highest BCUT2D eigenvalue weighted by molar-refractivity contribution is 5.86. The van der Waals surface area contributed by atoms with Gasteiger partial charge in [-0.1, -0.05) is 30.3 Å². The number of esters is 1. The molecule has 0 aliphatic carbocycles. The quantitative estimate of drug-likeness (QED) is 0.665. The molecule has 1 aromatic rings. The van der Waals surface area contributed by atoms with Crippen molar-refractivity contribution in [1.82, 2.24) is 15.5 Å². The predicted molar refractivity (Wildman–Crippen MR) is 99.5 cm³/mol. The van der Waals surface area contributed by atoms with E-state index in [0.717, 1.165) is 5.56 Å². The number of hydrogen-bond donors (Lipinski definition) is 2. The Morgan fingerprint density at radius 2 is 1.65 bits per heavy atom. The topological polar surface area (TPSA) is 87.7 Å². The van der Waals surface area contributed by atoms with E-state index < -0.39 is 12.0 Å². The SMILES string of the molecule is COC(=O)[C@@H](Cc1ccccc1)NC(=O)CN(C)CC(=O)NC(C)(C)C. The molecule has 0 aromatic heterocycles. The lowest BCUT2D eigenvalue weighted by molar-refractivity contribution is -0.145. The third-order valence-electron chi connectivity index (χ3n) is 3.45. The molecule has 1 atom stereocenters. The molecule has 2 N–H and O–H groups in total. The Morgan fingerprint density at radius 3 is 2.19 bits per heavy atom. The number of carbonyl (C=O) groups is 3. The van der Waals surface area contributed by atoms with Gasteiger partial charge in [0.25, 0.3) is 0 Å². The molecule has 2 amide bonds. The van der Waals surface area contributed by atoms with Crippen LogP contribution < -0.4 is 10.6 Å². The lowest BCUT2D eigenvalue weighted by atomic mass is 10.1. The Hall–Kier alpha value is -2.41. The van der Waals surface area contributed by atoms with E-state index in [9.17, 15) is 14.4 Å². The number of methoxy groups -OCH3 is 1. The van der Waals surface area contributed by atoms with Crippen LogP contribution in [0, 0.1) is 0 Å². The second-order valence-corrected chi connectivity index (χ2v) is 7.30. The van der Waals surface area contributed by atoms with E-state index in [-0.39, 0.29) is 30.4 Å². The van der Waals surface area contributed by atoms with Gasteiger partial charge in [-0.3, -0.25) is 14.5 Å². The normalized spacial score (nSPS) is 12.4. The van der Waals surface area contributed by atoms with Crippen LogP contribution in [-0.4, -0.2) is 61.5 Å². The number of likely N-dealkylation sites (N-methyl/N-ethyl adjacent to an activating group) is 1. The number of nitrogens with zero attached hydrogens (tertiary/aromatic N) is 1. The fraction of sp³-hybridized carbons (Fsp3) is 0.526. The van der Waals surface area contributed by atoms with E-state index in [1.807, 2.05) is 51.1 Å². The van der Waals surface area contributed by atoms with E-state index in [4.69, 9.17) is 4.74 Å². The molecule has 0 saturated carbocycles. The van der Waals surface area contributed by atoms with Crippen LogP contribution >= 0.6 is 0 Å². The van der Waals surface area contributed by atoms with Crippen LogP contribution in [0.3, 0.4) is 0 Å². The van der Waals surface area contributed by atoms with Gasteiger partial charge in [-0.05, 0) is 33.4 Å². The summed E-state index contributed by atoms with van der Waals surface area (Å²) in [6, 6.07) is 8.61. The highest BCUT2D eigenvalue weighted by atomic mass is 16.5. The maximum Gasteiger partial charge on any atom is 0.328 e. The molecular formula is C19H29N3O4. The summed E-state index contributed by atoms with van der Waals surface area (Å²) in [4.78, 5) is 37.7. The smallest absolute Gasteiger partial charge is 0.328 e. The molecule has 0 unspecified atom stereocenters. The molecule has 1 aromatic carbocycles. The van der Waals surface area contributed by atoms with Crippen molar-refractivity contribution in [2.24, 2.45) is 0 Å². The van der Waals surface area contributed by atoms with Crippen LogP contribution in [0.5, 0.6) is 0 Å². The van der Waals surface area contributed by atoms with Gasteiger partial charge in [0.15, 0.2) is 0 Å². The Kier molecular flexibility index (Phi) is 8.25. The molecule has 0 saturated heterocycles. The van der Waals surface area contributed by atoms with Crippen LogP contribution in [-0.2, 0) is 25.5 Å².